The van der Waals surface area contributed by atoms with Gasteiger partial charge in [0.2, 0.25) is 0 Å². The summed E-state index contributed by atoms with van der Waals surface area (Å²) in [5, 5.41) is 26.6. The number of halogens is 1. The number of aryl methyl sites for hydroxylation is 1. The van der Waals surface area contributed by atoms with Crippen molar-refractivity contribution in [3.63, 3.8) is 0 Å². The predicted octanol–water partition coefficient (Wildman–Crippen LogP) is 2.97. The van der Waals surface area contributed by atoms with Gasteiger partial charge in [-0.05, 0) is 68.9 Å². The number of aliphatic hydroxyl groups excluding tert-OH is 1. The fourth-order valence-electron chi connectivity index (χ4n) is 5.36. The predicted molar refractivity (Wildman–Crippen MR) is 120 cm³/mol. The van der Waals surface area contributed by atoms with Crippen molar-refractivity contribution < 1.29 is 19.4 Å². The number of aromatic nitrogens is 4. The second-order valence-electron chi connectivity index (χ2n) is 8.95. The Bertz CT molecular complexity index is 1070. The lowest BCUT2D eigenvalue weighted by molar-refractivity contribution is -0.122. The normalized spacial score (nSPS) is 24.7. The second kappa shape index (κ2) is 9.84. The number of rotatable bonds is 4. The molecule has 1 aromatic carbocycles. The molecule has 3 aromatic rings. The van der Waals surface area contributed by atoms with Crippen molar-refractivity contribution >= 4 is 6.47 Å². The number of hydrogen-bond acceptors (Lipinski definition) is 5. The Hall–Kier alpha value is -3.04. The Morgan fingerprint density at radius 2 is 1.82 bits per heavy atom. The monoisotopic (exact) mass is 455 g/mol. The van der Waals surface area contributed by atoms with Gasteiger partial charge in [-0.1, -0.05) is 0 Å². The lowest BCUT2D eigenvalue weighted by Crippen LogP contribution is -2.36. The smallest absolute Gasteiger partial charge is 0.290 e. The van der Waals surface area contributed by atoms with Crippen molar-refractivity contribution in [3.05, 3.63) is 65.5 Å². The first-order valence-corrected chi connectivity index (χ1v) is 11.2. The largest absolute Gasteiger partial charge is 0.483 e. The zero-order chi connectivity index (χ0) is 23.5. The van der Waals surface area contributed by atoms with Crippen LogP contribution in [0.1, 0.15) is 35.8 Å². The third-order valence-electron chi connectivity index (χ3n) is 6.94. The molecule has 5 rings (SSSR count). The van der Waals surface area contributed by atoms with Gasteiger partial charge in [-0.2, -0.15) is 10.2 Å². The van der Waals surface area contributed by atoms with E-state index in [2.05, 4.69) is 16.9 Å². The molecule has 2 aliphatic rings. The van der Waals surface area contributed by atoms with E-state index in [1.54, 1.807) is 18.3 Å². The minimum absolute atomic E-state index is 0.0749. The maximum atomic E-state index is 13.3. The average molecular weight is 456 g/mol. The molecule has 1 aliphatic heterocycles. The van der Waals surface area contributed by atoms with E-state index >= 15 is 0 Å². The molecule has 176 valence electrons. The zero-order valence-corrected chi connectivity index (χ0v) is 18.9. The van der Waals surface area contributed by atoms with Crippen molar-refractivity contribution in [2.24, 2.45) is 11.8 Å². The quantitative estimate of drug-likeness (QED) is 0.587. The van der Waals surface area contributed by atoms with Gasteiger partial charge in [-0.25, -0.2) is 9.07 Å². The van der Waals surface area contributed by atoms with Gasteiger partial charge in [0.25, 0.3) is 6.47 Å². The summed E-state index contributed by atoms with van der Waals surface area (Å²) in [6.07, 6.45) is 5.20. The molecule has 33 heavy (non-hydrogen) atoms. The Balaban J connectivity index is 0.000000821. The maximum absolute atomic E-state index is 13.3. The molecule has 3 heterocycles. The molecule has 2 aromatic heterocycles. The van der Waals surface area contributed by atoms with Crippen LogP contribution in [-0.4, -0.2) is 60.3 Å². The molecule has 1 aliphatic carbocycles. The number of aliphatic hydroxyl groups is 1. The van der Waals surface area contributed by atoms with Crippen LogP contribution in [0.3, 0.4) is 0 Å². The maximum Gasteiger partial charge on any atom is 0.290 e. The Kier molecular flexibility index (Phi) is 6.90. The molecule has 1 saturated heterocycles. The van der Waals surface area contributed by atoms with Gasteiger partial charge in [0.1, 0.15) is 5.82 Å². The molecule has 0 spiro atoms. The molecule has 2 fully saturated rings. The van der Waals surface area contributed by atoms with Gasteiger partial charge >= 0.3 is 0 Å². The molecule has 0 unspecified atom stereocenters. The van der Waals surface area contributed by atoms with Crippen LogP contribution in [0, 0.1) is 31.5 Å². The van der Waals surface area contributed by atoms with Crippen molar-refractivity contribution in [3.8, 4) is 5.69 Å². The van der Waals surface area contributed by atoms with Gasteiger partial charge in [-0.3, -0.25) is 14.4 Å². The van der Waals surface area contributed by atoms with E-state index < -0.39 is 0 Å². The zero-order valence-electron chi connectivity index (χ0n) is 18.9. The van der Waals surface area contributed by atoms with Gasteiger partial charge < -0.3 is 10.2 Å². The summed E-state index contributed by atoms with van der Waals surface area (Å²) in [4.78, 5) is 10.9. The summed E-state index contributed by atoms with van der Waals surface area (Å²) >= 11 is 0. The standard InChI is InChI=1S/C23H28FN5O.CH2O2/c1-15-21(16(2)29(26-15)20-6-4-19(24)5-7-20)14-27-12-17-10-22(28-9-3-8-25-28)23(30)11-18(17)13-27;2-1-3/h3-9,17-18,22-23,30H,10-14H2,1-2H3;1H,(H,2,3)/t17-,18+,22-,23-;/m1./s1. The van der Waals surface area contributed by atoms with E-state index in [-0.39, 0.29) is 24.4 Å². The summed E-state index contributed by atoms with van der Waals surface area (Å²) in [6, 6.07) is 8.46. The number of fused-ring (bicyclic) bond motifs is 1. The van der Waals surface area contributed by atoms with Crippen molar-refractivity contribution in [2.45, 2.75) is 45.4 Å². The van der Waals surface area contributed by atoms with Crippen LogP contribution in [0.2, 0.25) is 0 Å². The van der Waals surface area contributed by atoms with E-state index in [4.69, 9.17) is 15.0 Å². The van der Waals surface area contributed by atoms with E-state index in [1.807, 2.05) is 28.6 Å². The summed E-state index contributed by atoms with van der Waals surface area (Å²) in [6.45, 7) is 6.78. The fraction of sp³-hybridized carbons (Fsp3) is 0.458. The first kappa shape index (κ1) is 23.1. The molecule has 0 amide bonds. The third kappa shape index (κ3) is 4.84. The van der Waals surface area contributed by atoms with Gasteiger partial charge in [-0.15, -0.1) is 0 Å². The first-order chi connectivity index (χ1) is 15.9. The number of benzene rings is 1. The van der Waals surface area contributed by atoms with Crippen LogP contribution in [-0.2, 0) is 11.3 Å². The first-order valence-electron chi connectivity index (χ1n) is 11.2. The van der Waals surface area contributed by atoms with Crippen LogP contribution in [0.5, 0.6) is 0 Å². The summed E-state index contributed by atoms with van der Waals surface area (Å²) in [5.41, 5.74) is 4.23. The number of carboxylic acid groups (broad SMARTS) is 1. The fourth-order valence-corrected chi connectivity index (χ4v) is 5.36. The molecular formula is C24H30FN5O3. The average Bonchev–Trinajstić information content (AvgIpc) is 3.50. The van der Waals surface area contributed by atoms with E-state index in [9.17, 15) is 9.50 Å². The minimum Gasteiger partial charge on any atom is -0.483 e. The van der Waals surface area contributed by atoms with Crippen LogP contribution < -0.4 is 0 Å². The van der Waals surface area contributed by atoms with Crippen molar-refractivity contribution in [1.82, 2.24) is 24.5 Å². The van der Waals surface area contributed by atoms with Gasteiger partial charge in [0.15, 0.2) is 0 Å². The second-order valence-corrected chi connectivity index (χ2v) is 8.95. The van der Waals surface area contributed by atoms with Crippen LogP contribution in [0.4, 0.5) is 4.39 Å². The summed E-state index contributed by atoms with van der Waals surface area (Å²) in [7, 11) is 0. The van der Waals surface area contributed by atoms with Crippen LogP contribution >= 0.6 is 0 Å². The lowest BCUT2D eigenvalue weighted by atomic mass is 9.77. The molecule has 9 heteroatoms. The number of nitrogens with zero attached hydrogens (tertiary/aromatic N) is 5. The van der Waals surface area contributed by atoms with Gasteiger partial charge in [0, 0.05) is 43.3 Å². The van der Waals surface area contributed by atoms with E-state index in [0.29, 0.717) is 11.8 Å². The SMILES string of the molecule is Cc1nn(-c2ccc(F)cc2)c(C)c1CN1C[C@H]2C[C@@H](n3cccn3)[C@H](O)C[C@H]2C1.O=CO. The highest BCUT2D eigenvalue weighted by Gasteiger charge is 2.42. The third-order valence-corrected chi connectivity index (χ3v) is 6.94. The molecule has 8 nitrogen and oxygen atoms in total. The lowest BCUT2D eigenvalue weighted by Gasteiger charge is -2.35. The van der Waals surface area contributed by atoms with Crippen LogP contribution in [0.25, 0.3) is 5.69 Å². The number of hydrogen-bond donors (Lipinski definition) is 2. The van der Waals surface area contributed by atoms with Crippen molar-refractivity contribution in [1.29, 1.82) is 0 Å². The number of likely N-dealkylation sites (tertiary alicyclic amines) is 1. The minimum atomic E-state index is -0.337. The Morgan fingerprint density at radius 1 is 1.15 bits per heavy atom. The molecule has 0 radical (unpaired) electrons. The van der Waals surface area contributed by atoms with E-state index in [0.717, 1.165) is 49.6 Å². The van der Waals surface area contributed by atoms with Gasteiger partial charge in [0.05, 0.1) is 23.5 Å². The van der Waals surface area contributed by atoms with Crippen LogP contribution in [0.15, 0.2) is 42.7 Å². The molecule has 2 N–H and O–H groups in total. The highest BCUT2D eigenvalue weighted by atomic mass is 19.1. The molecule has 0 bridgehead atoms. The summed E-state index contributed by atoms with van der Waals surface area (Å²) < 4.78 is 17.1. The molecule has 1 saturated carbocycles. The Labute approximate surface area is 192 Å². The Morgan fingerprint density at radius 3 is 2.45 bits per heavy atom. The topological polar surface area (TPSA) is 96.4 Å². The molecular weight excluding hydrogens is 425 g/mol. The number of carbonyl (C=O) groups is 1. The highest BCUT2D eigenvalue weighted by molar-refractivity contribution is 5.37. The summed E-state index contributed by atoms with van der Waals surface area (Å²) in [5.74, 6) is 0.866. The van der Waals surface area contributed by atoms with Crippen molar-refractivity contribution in [2.75, 3.05) is 13.1 Å². The molecule has 4 atom stereocenters. The van der Waals surface area contributed by atoms with E-state index in [1.165, 1.54) is 17.7 Å². The highest BCUT2D eigenvalue weighted by Crippen LogP contribution is 2.41.